The van der Waals surface area contributed by atoms with E-state index in [1.807, 2.05) is 47.0 Å². The Bertz CT molecular complexity index is 703. The first kappa shape index (κ1) is 11.3. The van der Waals surface area contributed by atoms with E-state index in [0.29, 0.717) is 5.82 Å². The van der Waals surface area contributed by atoms with E-state index in [4.69, 9.17) is 5.73 Å². The summed E-state index contributed by atoms with van der Waals surface area (Å²) < 4.78 is 3.08. The molecule has 0 spiro atoms. The first-order chi connectivity index (χ1) is 8.75. The van der Waals surface area contributed by atoms with Crippen LogP contribution in [0.25, 0.3) is 5.52 Å². The van der Waals surface area contributed by atoms with Gasteiger partial charge in [-0.25, -0.2) is 4.98 Å². The number of benzene rings is 1. The van der Waals surface area contributed by atoms with E-state index in [0.717, 1.165) is 22.2 Å². The molecule has 3 nitrogen and oxygen atoms in total. The van der Waals surface area contributed by atoms with Crippen LogP contribution in [0.15, 0.2) is 53.1 Å². The highest BCUT2D eigenvalue weighted by Gasteiger charge is 2.08. The van der Waals surface area contributed by atoms with Crippen molar-refractivity contribution in [2.75, 3.05) is 5.73 Å². The van der Waals surface area contributed by atoms with Gasteiger partial charge in [0.05, 0.1) is 11.7 Å². The minimum Gasteiger partial charge on any atom is -0.385 e. The predicted octanol–water partition coefficient (Wildman–Crippen LogP) is 3.27. The lowest BCUT2D eigenvalue weighted by molar-refractivity contribution is 0.965. The smallest absolute Gasteiger partial charge is 0.119 e. The number of nitrogens with two attached hydrogens (primary N) is 1. The van der Waals surface area contributed by atoms with Gasteiger partial charge in [0.15, 0.2) is 0 Å². The van der Waals surface area contributed by atoms with Crippen molar-refractivity contribution < 1.29 is 0 Å². The molecule has 0 aliphatic carbocycles. The van der Waals surface area contributed by atoms with Gasteiger partial charge in [0, 0.05) is 10.9 Å². The lowest BCUT2D eigenvalue weighted by Gasteiger charge is -2.06. The van der Waals surface area contributed by atoms with Gasteiger partial charge in [0.25, 0.3) is 0 Å². The highest BCUT2D eigenvalue weighted by atomic mass is 79.9. The highest BCUT2D eigenvalue weighted by Crippen LogP contribution is 2.21. The molecule has 0 unspecified atom stereocenters. The molecular weight excluding hydrogens is 290 g/mol. The Kier molecular flexibility index (Phi) is 2.80. The Morgan fingerprint density at radius 3 is 2.78 bits per heavy atom. The number of nitrogen functional groups attached to an aromatic ring is 1. The maximum absolute atomic E-state index is 6.00. The van der Waals surface area contributed by atoms with Crippen molar-refractivity contribution in [3.63, 3.8) is 0 Å². The van der Waals surface area contributed by atoms with E-state index in [1.165, 1.54) is 5.56 Å². The number of hydrogen-bond donors (Lipinski definition) is 1. The number of hydrogen-bond acceptors (Lipinski definition) is 2. The second kappa shape index (κ2) is 4.46. The predicted molar refractivity (Wildman–Crippen MR) is 76.6 cm³/mol. The molecule has 2 heterocycles. The number of nitrogens with zero attached hydrogens (tertiary/aromatic N) is 2. The van der Waals surface area contributed by atoms with Gasteiger partial charge in [-0.15, -0.1) is 0 Å². The van der Waals surface area contributed by atoms with Crippen LogP contribution in [0.1, 0.15) is 11.4 Å². The Morgan fingerprint density at radius 1 is 1.11 bits per heavy atom. The number of fused-ring (bicyclic) bond motifs is 1. The third-order valence-electron chi connectivity index (χ3n) is 2.96. The van der Waals surface area contributed by atoms with Crippen molar-refractivity contribution >= 4 is 27.3 Å². The summed E-state index contributed by atoms with van der Waals surface area (Å²) in [5, 5.41) is 0. The van der Waals surface area contributed by atoms with Gasteiger partial charge in [0.1, 0.15) is 11.6 Å². The maximum atomic E-state index is 6.00. The second-order valence-corrected chi connectivity index (χ2v) is 5.01. The quantitative estimate of drug-likeness (QED) is 0.789. The Hall–Kier alpha value is -1.81. The van der Waals surface area contributed by atoms with Crippen LogP contribution in [-0.2, 0) is 6.42 Å². The molecule has 0 amide bonds. The van der Waals surface area contributed by atoms with Crippen LogP contribution >= 0.6 is 15.9 Å². The molecule has 0 saturated heterocycles. The third kappa shape index (κ3) is 1.88. The lowest BCUT2D eigenvalue weighted by Crippen LogP contribution is -2.02. The van der Waals surface area contributed by atoms with Crippen molar-refractivity contribution in [1.82, 2.24) is 9.38 Å². The number of rotatable bonds is 2. The van der Waals surface area contributed by atoms with Crippen molar-refractivity contribution in [3.05, 3.63) is 64.5 Å². The van der Waals surface area contributed by atoms with E-state index in [1.54, 1.807) is 0 Å². The number of pyridine rings is 1. The second-order valence-electron chi connectivity index (χ2n) is 4.15. The SMILES string of the molecule is Nc1cccc2cnc(Cc3ccccc3Br)n12. The zero-order valence-electron chi connectivity index (χ0n) is 9.68. The lowest BCUT2D eigenvalue weighted by atomic mass is 10.1. The molecule has 1 aromatic carbocycles. The van der Waals surface area contributed by atoms with E-state index in [-0.39, 0.29) is 0 Å². The molecule has 0 fully saturated rings. The molecule has 90 valence electrons. The summed E-state index contributed by atoms with van der Waals surface area (Å²) in [6, 6.07) is 14.0. The van der Waals surface area contributed by atoms with Crippen LogP contribution < -0.4 is 5.73 Å². The standard InChI is InChI=1S/C14H12BrN3/c15-12-6-2-1-4-10(12)8-14-17-9-11-5-3-7-13(16)18(11)14/h1-7,9H,8,16H2. The molecule has 0 aliphatic heterocycles. The molecule has 3 rings (SSSR count). The first-order valence-electron chi connectivity index (χ1n) is 5.70. The summed E-state index contributed by atoms with van der Waals surface area (Å²) in [6.45, 7) is 0. The fraction of sp³-hybridized carbons (Fsp3) is 0.0714. The number of aromatic nitrogens is 2. The molecule has 0 aliphatic rings. The Morgan fingerprint density at radius 2 is 1.94 bits per heavy atom. The molecular formula is C14H12BrN3. The van der Waals surface area contributed by atoms with Crippen LogP contribution in [0.3, 0.4) is 0 Å². The molecule has 18 heavy (non-hydrogen) atoms. The Labute approximate surface area is 113 Å². The van der Waals surface area contributed by atoms with E-state index in [9.17, 15) is 0 Å². The fourth-order valence-electron chi connectivity index (χ4n) is 2.08. The summed E-state index contributed by atoms with van der Waals surface area (Å²) in [4.78, 5) is 4.45. The summed E-state index contributed by atoms with van der Waals surface area (Å²) in [5.41, 5.74) is 8.23. The summed E-state index contributed by atoms with van der Waals surface area (Å²) >= 11 is 3.56. The van der Waals surface area contributed by atoms with Crippen LogP contribution in [0.5, 0.6) is 0 Å². The molecule has 0 saturated carbocycles. The third-order valence-corrected chi connectivity index (χ3v) is 3.73. The van der Waals surface area contributed by atoms with Gasteiger partial charge in [-0.05, 0) is 23.8 Å². The number of imidazole rings is 1. The minimum atomic E-state index is 0.715. The van der Waals surface area contributed by atoms with Gasteiger partial charge >= 0.3 is 0 Å². The maximum Gasteiger partial charge on any atom is 0.119 e. The fourth-order valence-corrected chi connectivity index (χ4v) is 2.50. The van der Waals surface area contributed by atoms with Crippen LogP contribution in [0, 0.1) is 0 Å². The topological polar surface area (TPSA) is 43.3 Å². The molecule has 2 N–H and O–H groups in total. The van der Waals surface area contributed by atoms with Crippen LogP contribution in [0.2, 0.25) is 0 Å². The van der Waals surface area contributed by atoms with Gasteiger partial charge in [-0.1, -0.05) is 40.2 Å². The van der Waals surface area contributed by atoms with Crippen molar-refractivity contribution in [2.24, 2.45) is 0 Å². The van der Waals surface area contributed by atoms with Gasteiger partial charge < -0.3 is 5.73 Å². The average Bonchev–Trinajstić information content (AvgIpc) is 2.77. The van der Waals surface area contributed by atoms with Crippen LogP contribution in [0.4, 0.5) is 5.82 Å². The van der Waals surface area contributed by atoms with Gasteiger partial charge in [0.2, 0.25) is 0 Å². The highest BCUT2D eigenvalue weighted by molar-refractivity contribution is 9.10. The van der Waals surface area contributed by atoms with Crippen molar-refractivity contribution in [2.45, 2.75) is 6.42 Å². The molecule has 0 atom stereocenters. The van der Waals surface area contributed by atoms with Crippen molar-refractivity contribution in [3.8, 4) is 0 Å². The van der Waals surface area contributed by atoms with E-state index in [2.05, 4.69) is 27.0 Å². The molecule has 2 aromatic heterocycles. The largest absolute Gasteiger partial charge is 0.385 e. The van der Waals surface area contributed by atoms with Crippen molar-refractivity contribution in [1.29, 1.82) is 0 Å². The summed E-state index contributed by atoms with van der Waals surface area (Å²) in [5.74, 6) is 1.67. The van der Waals surface area contributed by atoms with Crippen LogP contribution in [-0.4, -0.2) is 9.38 Å². The normalized spacial score (nSPS) is 10.9. The zero-order chi connectivity index (χ0) is 12.5. The first-order valence-corrected chi connectivity index (χ1v) is 6.49. The summed E-state index contributed by atoms with van der Waals surface area (Å²) in [6.07, 6.45) is 2.60. The van der Waals surface area contributed by atoms with E-state index < -0.39 is 0 Å². The minimum absolute atomic E-state index is 0.715. The molecule has 4 heteroatoms. The number of anilines is 1. The average molecular weight is 302 g/mol. The van der Waals surface area contributed by atoms with Gasteiger partial charge in [-0.2, -0.15) is 0 Å². The van der Waals surface area contributed by atoms with Gasteiger partial charge in [-0.3, -0.25) is 4.40 Å². The molecule has 0 radical (unpaired) electrons. The monoisotopic (exact) mass is 301 g/mol. The Balaban J connectivity index is 2.09. The zero-order valence-corrected chi connectivity index (χ0v) is 11.3. The molecule has 0 bridgehead atoms. The number of halogens is 1. The van der Waals surface area contributed by atoms with E-state index >= 15 is 0 Å². The summed E-state index contributed by atoms with van der Waals surface area (Å²) in [7, 11) is 0. The molecule has 3 aromatic rings.